The second kappa shape index (κ2) is 16.3. The Hall–Kier alpha value is -4.47. The van der Waals surface area contributed by atoms with Crippen LogP contribution in [-0.2, 0) is 40.5 Å². The number of aromatic nitrogens is 2. The van der Waals surface area contributed by atoms with E-state index in [0.717, 1.165) is 64.2 Å². The number of esters is 1. The van der Waals surface area contributed by atoms with Gasteiger partial charge in [-0.2, -0.15) is 4.98 Å². The molecule has 5 fully saturated rings. The normalized spacial score (nSPS) is 30.9. The fraction of sp³-hybridized carbons (Fsp3) is 0.667. The summed E-state index contributed by atoms with van der Waals surface area (Å²) >= 11 is 0. The molecule has 4 aliphatic carbocycles. The van der Waals surface area contributed by atoms with Crippen molar-refractivity contribution in [2.75, 3.05) is 13.7 Å². The Labute approximate surface area is 338 Å². The number of benzene rings is 1. The minimum atomic E-state index is -3.92. The minimum absolute atomic E-state index is 0.00793. The Morgan fingerprint density at radius 1 is 0.966 bits per heavy atom. The fourth-order valence-corrected chi connectivity index (χ4v) is 11.3. The summed E-state index contributed by atoms with van der Waals surface area (Å²) in [6, 6.07) is 3.97. The second-order valence-electron chi connectivity index (χ2n) is 17.3. The Morgan fingerprint density at radius 3 is 2.43 bits per heavy atom. The summed E-state index contributed by atoms with van der Waals surface area (Å²) < 4.78 is 47.5. The van der Waals surface area contributed by atoms with E-state index in [0.29, 0.717) is 42.5 Å². The van der Waals surface area contributed by atoms with Crippen LogP contribution < -0.4 is 25.1 Å². The lowest BCUT2D eigenvalue weighted by molar-refractivity contribution is -0.156. The average Bonchev–Trinajstić information content (AvgIpc) is 3.99. The van der Waals surface area contributed by atoms with Gasteiger partial charge in [-0.1, -0.05) is 31.8 Å². The molecule has 3 heterocycles. The molecule has 1 aromatic heterocycles. The van der Waals surface area contributed by atoms with Crippen LogP contribution in [0.15, 0.2) is 35.6 Å². The van der Waals surface area contributed by atoms with Crippen molar-refractivity contribution < 1.29 is 41.8 Å². The molecule has 2 bridgehead atoms. The molecule has 15 nitrogen and oxygen atoms in total. The first-order valence-electron chi connectivity index (χ1n) is 21.2. The number of amides is 3. The highest BCUT2D eigenvalue weighted by atomic mass is 32.2. The van der Waals surface area contributed by atoms with Gasteiger partial charge in [0.25, 0.3) is 17.5 Å². The van der Waals surface area contributed by atoms with Crippen molar-refractivity contribution in [3.05, 3.63) is 41.2 Å². The highest BCUT2D eigenvalue weighted by Crippen LogP contribution is 2.46. The molecule has 1 saturated heterocycles. The summed E-state index contributed by atoms with van der Waals surface area (Å²) in [6.07, 6.45) is 10.8. The summed E-state index contributed by atoms with van der Waals surface area (Å²) in [6.45, 7) is 4.09. The summed E-state index contributed by atoms with van der Waals surface area (Å²) in [4.78, 5) is 77.2. The van der Waals surface area contributed by atoms with Crippen molar-refractivity contribution in [2.24, 2.45) is 23.7 Å². The number of fused-ring (bicyclic) bond motifs is 5. The first kappa shape index (κ1) is 40.3. The van der Waals surface area contributed by atoms with Crippen molar-refractivity contribution in [1.82, 2.24) is 24.5 Å². The monoisotopic (exact) mass is 821 g/mol. The largest absolute Gasteiger partial charge is 0.497 e. The topological polar surface area (TPSA) is 192 Å². The van der Waals surface area contributed by atoms with Crippen molar-refractivity contribution in [3.63, 3.8) is 0 Å². The molecule has 1 aromatic carbocycles. The van der Waals surface area contributed by atoms with Gasteiger partial charge in [0, 0.05) is 24.9 Å². The third-order valence-electron chi connectivity index (χ3n) is 13.5. The SMILES string of the molecule is C=C[C@@H]1C[C@]1(NC(=O)[C@@H]1C[C@@H]2CN1C(=O)[C@H](C1CCCC1)CC(=O)O[C@@H]1CCC[C@H]1CCCCCn1c(nc3cc(OC)ccc3c1=O)O2)C(=O)NS(=O)(=O)C1CC1. The van der Waals surface area contributed by atoms with Crippen LogP contribution in [0.3, 0.4) is 0 Å². The second-order valence-corrected chi connectivity index (χ2v) is 19.3. The maximum Gasteiger partial charge on any atom is 0.306 e. The van der Waals surface area contributed by atoms with Gasteiger partial charge in [-0.15, -0.1) is 6.58 Å². The van der Waals surface area contributed by atoms with Gasteiger partial charge in [0.2, 0.25) is 21.8 Å². The zero-order valence-electron chi connectivity index (χ0n) is 33.2. The van der Waals surface area contributed by atoms with Crippen molar-refractivity contribution in [3.8, 4) is 11.8 Å². The molecule has 0 unspecified atom stereocenters. The summed E-state index contributed by atoms with van der Waals surface area (Å²) in [7, 11) is -2.39. The zero-order valence-corrected chi connectivity index (χ0v) is 34.0. The smallest absolute Gasteiger partial charge is 0.306 e. The van der Waals surface area contributed by atoms with Crippen LogP contribution in [0.4, 0.5) is 0 Å². The molecule has 58 heavy (non-hydrogen) atoms. The molecule has 3 amide bonds. The maximum atomic E-state index is 14.9. The molecule has 0 radical (unpaired) electrons. The fourth-order valence-electron chi connectivity index (χ4n) is 9.90. The zero-order chi connectivity index (χ0) is 40.8. The number of nitrogens with one attached hydrogen (secondary N) is 2. The number of sulfonamides is 1. The van der Waals surface area contributed by atoms with E-state index in [-0.39, 0.29) is 61.2 Å². The van der Waals surface area contributed by atoms with Gasteiger partial charge in [0.1, 0.15) is 29.5 Å². The van der Waals surface area contributed by atoms with E-state index >= 15 is 0 Å². The molecule has 314 valence electrons. The first-order valence-corrected chi connectivity index (χ1v) is 22.7. The van der Waals surface area contributed by atoms with Gasteiger partial charge >= 0.3 is 5.97 Å². The van der Waals surface area contributed by atoms with Crippen molar-refractivity contribution >= 4 is 44.6 Å². The third kappa shape index (κ3) is 8.09. The van der Waals surface area contributed by atoms with E-state index < -0.39 is 62.6 Å². The van der Waals surface area contributed by atoms with E-state index in [1.807, 2.05) is 0 Å². The summed E-state index contributed by atoms with van der Waals surface area (Å²) in [5, 5.41) is 2.60. The van der Waals surface area contributed by atoms with Crippen molar-refractivity contribution in [1.29, 1.82) is 0 Å². The summed E-state index contributed by atoms with van der Waals surface area (Å²) in [5.74, 6) is -2.89. The molecule has 7 atom stereocenters. The van der Waals surface area contributed by atoms with E-state index in [1.165, 1.54) is 22.7 Å². The average molecular weight is 822 g/mol. The number of carbonyl (C=O) groups excluding carboxylic acids is 4. The van der Waals surface area contributed by atoms with E-state index in [9.17, 15) is 32.4 Å². The van der Waals surface area contributed by atoms with Crippen LogP contribution in [0.1, 0.15) is 103 Å². The molecule has 16 heteroatoms. The van der Waals surface area contributed by atoms with Crippen LogP contribution in [0.25, 0.3) is 10.9 Å². The molecule has 4 saturated carbocycles. The Bertz CT molecular complexity index is 2130. The maximum absolute atomic E-state index is 14.9. The molecular weight excluding hydrogens is 767 g/mol. The van der Waals surface area contributed by atoms with Gasteiger partial charge in [-0.3, -0.25) is 33.3 Å². The van der Waals surface area contributed by atoms with E-state index in [4.69, 9.17) is 19.2 Å². The first-order chi connectivity index (χ1) is 27.9. The highest BCUT2D eigenvalue weighted by molar-refractivity contribution is 7.91. The Kier molecular flexibility index (Phi) is 11.3. The highest BCUT2D eigenvalue weighted by Gasteiger charge is 2.62. The number of hydrogen-bond acceptors (Lipinski definition) is 11. The number of rotatable bonds is 8. The molecule has 2 aromatic rings. The van der Waals surface area contributed by atoms with E-state index in [1.54, 1.807) is 18.2 Å². The predicted octanol–water partition coefficient (Wildman–Crippen LogP) is 3.91. The lowest BCUT2D eigenvalue weighted by Gasteiger charge is -2.32. The molecule has 2 aliphatic heterocycles. The van der Waals surface area contributed by atoms with Gasteiger partial charge in [-0.05, 0) is 88.2 Å². The van der Waals surface area contributed by atoms with Gasteiger partial charge < -0.3 is 24.4 Å². The number of nitrogens with zero attached hydrogens (tertiary/aromatic N) is 3. The molecule has 6 aliphatic rings. The van der Waals surface area contributed by atoms with Gasteiger partial charge in [0.15, 0.2) is 0 Å². The molecular formula is C42H55N5O10S. The Balaban J connectivity index is 1.14. The summed E-state index contributed by atoms with van der Waals surface area (Å²) in [5.41, 5.74) is -1.46. The molecule has 8 rings (SSSR count). The van der Waals surface area contributed by atoms with E-state index in [2.05, 4.69) is 16.6 Å². The number of hydrogen-bond donors (Lipinski definition) is 2. The Morgan fingerprint density at radius 2 is 1.71 bits per heavy atom. The van der Waals surface area contributed by atoms with Gasteiger partial charge in [-0.25, -0.2) is 8.42 Å². The predicted molar refractivity (Wildman–Crippen MR) is 212 cm³/mol. The lowest BCUT2D eigenvalue weighted by Crippen LogP contribution is -2.57. The molecule has 2 N–H and O–H groups in total. The molecule has 0 spiro atoms. The van der Waals surface area contributed by atoms with Crippen LogP contribution in [0.2, 0.25) is 0 Å². The number of carbonyl (C=O) groups is 4. The number of methoxy groups -OCH3 is 1. The third-order valence-corrected chi connectivity index (χ3v) is 15.3. The van der Waals surface area contributed by atoms with Crippen LogP contribution in [0, 0.1) is 23.7 Å². The van der Waals surface area contributed by atoms with Crippen molar-refractivity contribution in [2.45, 2.75) is 138 Å². The lowest BCUT2D eigenvalue weighted by atomic mass is 9.86. The van der Waals surface area contributed by atoms with Crippen LogP contribution in [-0.4, -0.2) is 89.3 Å². The van der Waals surface area contributed by atoms with Crippen LogP contribution >= 0.6 is 0 Å². The minimum Gasteiger partial charge on any atom is -0.497 e. The quantitative estimate of drug-likeness (QED) is 0.290. The van der Waals surface area contributed by atoms with Crippen LogP contribution in [0.5, 0.6) is 11.8 Å². The number of ether oxygens (including phenoxy) is 3. The van der Waals surface area contributed by atoms with Gasteiger partial charge in [0.05, 0.1) is 42.1 Å². The standard InChI is InChI=1S/C42H55N5O10S/c1-3-27-23-42(27,40(52)45-58(53,54)30-16-17-30)44-37(49)34-21-29-24-47(34)39(51)32(25-10-6-7-11-25)22-36(48)57-35-14-9-13-26(35)12-5-4-8-19-46-38(50)31-18-15-28(55-2)20-33(31)43-41(46)56-29/h3,15,18,20,25-27,29-30,32,34-35H,1,4-14,16-17,19,21-24H2,2H3,(H,44,49)(H,45,52)/t26-,27-,29-,32+,34+,35-,42-/m1/s1.